The van der Waals surface area contributed by atoms with Crippen LogP contribution in [0.25, 0.3) is 0 Å². The Labute approximate surface area is 133 Å². The van der Waals surface area contributed by atoms with Gasteiger partial charge in [-0.15, -0.1) is 0 Å². The van der Waals surface area contributed by atoms with E-state index in [0.29, 0.717) is 11.1 Å². The highest BCUT2D eigenvalue weighted by atomic mass is 15.4. The maximum atomic E-state index is 2.51. The molecule has 0 radical (unpaired) electrons. The van der Waals surface area contributed by atoms with Crippen molar-refractivity contribution in [2.24, 2.45) is 0 Å². The van der Waals surface area contributed by atoms with E-state index in [0.717, 1.165) is 0 Å². The van der Waals surface area contributed by atoms with Crippen molar-refractivity contribution in [1.82, 2.24) is 0 Å². The molecular formula is C19H40N2+2. The maximum absolute atomic E-state index is 2.51. The molecule has 0 aromatic heterocycles. The zero-order chi connectivity index (χ0) is 15.8. The zero-order valence-electron chi connectivity index (χ0n) is 15.7. The van der Waals surface area contributed by atoms with Gasteiger partial charge in [-0.25, -0.2) is 0 Å². The lowest BCUT2D eigenvalue weighted by atomic mass is 9.87. The summed E-state index contributed by atoms with van der Waals surface area (Å²) < 4.78 is 2.61. The molecule has 0 aromatic rings. The first-order valence-corrected chi connectivity index (χ1v) is 9.31. The van der Waals surface area contributed by atoms with Gasteiger partial charge in [0, 0.05) is 38.5 Å². The summed E-state index contributed by atoms with van der Waals surface area (Å²) in [6, 6.07) is 0. The third-order valence-electron chi connectivity index (χ3n) is 7.61. The van der Waals surface area contributed by atoms with Gasteiger partial charge < -0.3 is 8.97 Å². The number of likely N-dealkylation sites (tertiary alicyclic amines) is 2. The van der Waals surface area contributed by atoms with E-state index >= 15 is 0 Å². The molecule has 0 amide bonds. The fourth-order valence-corrected chi connectivity index (χ4v) is 4.77. The lowest BCUT2D eigenvalue weighted by Gasteiger charge is -2.47. The molecule has 0 aromatic carbocycles. The van der Waals surface area contributed by atoms with Crippen LogP contribution in [0.5, 0.6) is 0 Å². The van der Waals surface area contributed by atoms with Gasteiger partial charge in [0.2, 0.25) is 0 Å². The van der Waals surface area contributed by atoms with Gasteiger partial charge in [-0.1, -0.05) is 0 Å². The molecule has 2 aliphatic heterocycles. The molecular weight excluding hydrogens is 256 g/mol. The van der Waals surface area contributed by atoms with Crippen molar-refractivity contribution in [3.63, 3.8) is 0 Å². The predicted octanol–water partition coefficient (Wildman–Crippen LogP) is 4.19. The van der Waals surface area contributed by atoms with Gasteiger partial charge in [-0.05, 0) is 34.1 Å². The minimum absolute atomic E-state index is 0.455. The standard InChI is InChI=1S/C19H40N2/c1-18(2,20(5)14-7-8-15-20)12-11-13-19(3,4)21(6)16-9-10-17-21/h7-17H2,1-6H3/q+2. The van der Waals surface area contributed by atoms with Crippen LogP contribution in [0, 0.1) is 0 Å². The van der Waals surface area contributed by atoms with Crippen molar-refractivity contribution in [2.75, 3.05) is 40.3 Å². The van der Waals surface area contributed by atoms with Crippen LogP contribution in [-0.2, 0) is 0 Å². The van der Waals surface area contributed by atoms with Crippen LogP contribution in [0.4, 0.5) is 0 Å². The number of nitrogens with zero attached hydrogens (tertiary/aromatic N) is 2. The average molecular weight is 297 g/mol. The second-order valence-electron chi connectivity index (χ2n) is 9.58. The molecule has 124 valence electrons. The van der Waals surface area contributed by atoms with Crippen LogP contribution < -0.4 is 0 Å². The zero-order valence-corrected chi connectivity index (χ0v) is 15.7. The highest BCUT2D eigenvalue weighted by Gasteiger charge is 2.44. The Morgan fingerprint density at radius 2 is 0.905 bits per heavy atom. The lowest BCUT2D eigenvalue weighted by Crippen LogP contribution is -2.58. The Morgan fingerprint density at radius 1 is 0.619 bits per heavy atom. The van der Waals surface area contributed by atoms with Gasteiger partial charge in [-0.3, -0.25) is 0 Å². The molecule has 0 N–H and O–H groups in total. The molecule has 2 nitrogen and oxygen atoms in total. The molecule has 0 saturated carbocycles. The van der Waals surface area contributed by atoms with E-state index in [9.17, 15) is 0 Å². The largest absolute Gasteiger partial charge is 0.322 e. The first-order chi connectivity index (χ1) is 9.62. The van der Waals surface area contributed by atoms with E-state index < -0.39 is 0 Å². The Bertz CT molecular complexity index is 311. The van der Waals surface area contributed by atoms with Crippen molar-refractivity contribution < 1.29 is 8.97 Å². The van der Waals surface area contributed by atoms with Crippen LogP contribution in [0.2, 0.25) is 0 Å². The van der Waals surface area contributed by atoms with Gasteiger partial charge in [-0.2, -0.15) is 0 Å². The summed E-state index contributed by atoms with van der Waals surface area (Å²) in [6.45, 7) is 15.6. The third-order valence-corrected chi connectivity index (χ3v) is 7.61. The summed E-state index contributed by atoms with van der Waals surface area (Å²) in [5.74, 6) is 0. The Balaban J connectivity index is 1.88. The first-order valence-electron chi connectivity index (χ1n) is 9.31. The van der Waals surface area contributed by atoms with Gasteiger partial charge in [0.05, 0.1) is 51.4 Å². The highest BCUT2D eigenvalue weighted by Crippen LogP contribution is 2.37. The van der Waals surface area contributed by atoms with Crippen molar-refractivity contribution in [3.05, 3.63) is 0 Å². The maximum Gasteiger partial charge on any atom is 0.0933 e. The van der Waals surface area contributed by atoms with E-state index in [1.165, 1.54) is 80.1 Å². The van der Waals surface area contributed by atoms with Crippen molar-refractivity contribution >= 4 is 0 Å². The second-order valence-corrected chi connectivity index (χ2v) is 9.58. The molecule has 0 aliphatic carbocycles. The normalized spacial score (nSPS) is 25.4. The molecule has 2 heteroatoms. The molecule has 0 unspecified atom stereocenters. The van der Waals surface area contributed by atoms with Crippen molar-refractivity contribution in [2.45, 2.75) is 83.7 Å². The fraction of sp³-hybridized carbons (Fsp3) is 1.00. The third kappa shape index (κ3) is 3.32. The predicted molar refractivity (Wildman–Crippen MR) is 92.3 cm³/mol. The molecule has 2 rings (SSSR count). The van der Waals surface area contributed by atoms with Gasteiger partial charge in [0.25, 0.3) is 0 Å². The summed E-state index contributed by atoms with van der Waals surface area (Å²) >= 11 is 0. The van der Waals surface area contributed by atoms with E-state index in [2.05, 4.69) is 41.8 Å². The van der Waals surface area contributed by atoms with Gasteiger partial charge >= 0.3 is 0 Å². The molecule has 0 spiro atoms. The molecule has 2 saturated heterocycles. The molecule has 2 aliphatic rings. The second kappa shape index (κ2) is 5.85. The van der Waals surface area contributed by atoms with Crippen molar-refractivity contribution in [1.29, 1.82) is 0 Å². The lowest BCUT2D eigenvalue weighted by molar-refractivity contribution is -0.947. The number of hydrogen-bond donors (Lipinski definition) is 0. The van der Waals surface area contributed by atoms with E-state index in [4.69, 9.17) is 0 Å². The summed E-state index contributed by atoms with van der Waals surface area (Å²) in [5.41, 5.74) is 0.909. The topological polar surface area (TPSA) is 0 Å². The molecule has 21 heavy (non-hydrogen) atoms. The molecule has 2 heterocycles. The highest BCUT2D eigenvalue weighted by molar-refractivity contribution is 4.78. The van der Waals surface area contributed by atoms with Crippen LogP contribution in [0.3, 0.4) is 0 Å². The van der Waals surface area contributed by atoms with E-state index in [1.807, 2.05) is 0 Å². The van der Waals surface area contributed by atoms with Gasteiger partial charge in [0.1, 0.15) is 0 Å². The Hall–Kier alpha value is -0.0800. The number of quaternary nitrogens is 2. The van der Waals surface area contributed by atoms with Crippen LogP contribution in [0.15, 0.2) is 0 Å². The molecule has 2 fully saturated rings. The summed E-state index contributed by atoms with van der Waals surface area (Å²) in [6.07, 6.45) is 9.88. The van der Waals surface area contributed by atoms with Gasteiger partial charge in [0.15, 0.2) is 0 Å². The van der Waals surface area contributed by atoms with E-state index in [1.54, 1.807) is 0 Å². The van der Waals surface area contributed by atoms with Crippen LogP contribution in [0.1, 0.15) is 72.6 Å². The SMILES string of the molecule is CC(C)(CCCC(C)(C)[N+]1(C)CCCC1)[N+]1(C)CCCC1. The number of rotatable bonds is 6. The molecule has 0 bridgehead atoms. The average Bonchev–Trinajstić information content (AvgIpc) is 3.00. The number of hydrogen-bond acceptors (Lipinski definition) is 0. The fourth-order valence-electron chi connectivity index (χ4n) is 4.77. The quantitative estimate of drug-likeness (QED) is 0.645. The monoisotopic (exact) mass is 296 g/mol. The minimum atomic E-state index is 0.455. The van der Waals surface area contributed by atoms with E-state index in [-0.39, 0.29) is 0 Å². The summed E-state index contributed by atoms with van der Waals surface area (Å²) in [5, 5.41) is 0. The smallest absolute Gasteiger partial charge is 0.0933 e. The van der Waals surface area contributed by atoms with Crippen LogP contribution >= 0.6 is 0 Å². The summed E-state index contributed by atoms with van der Waals surface area (Å²) in [7, 11) is 4.99. The summed E-state index contributed by atoms with van der Waals surface area (Å²) in [4.78, 5) is 0. The Kier molecular flexibility index (Phi) is 4.81. The molecule has 0 atom stereocenters. The van der Waals surface area contributed by atoms with Crippen LogP contribution in [-0.4, -0.2) is 60.3 Å². The minimum Gasteiger partial charge on any atom is -0.322 e. The van der Waals surface area contributed by atoms with Crippen molar-refractivity contribution in [3.8, 4) is 0 Å². The first kappa shape index (κ1) is 17.3. The Morgan fingerprint density at radius 3 is 1.19 bits per heavy atom.